The summed E-state index contributed by atoms with van der Waals surface area (Å²) in [6, 6.07) is 4.93. The lowest BCUT2D eigenvalue weighted by Gasteiger charge is -2.22. The van der Waals surface area contributed by atoms with E-state index in [0.29, 0.717) is 12.0 Å². The Morgan fingerprint density at radius 1 is 1.40 bits per heavy atom. The van der Waals surface area contributed by atoms with E-state index in [1.54, 1.807) is 25.1 Å². The van der Waals surface area contributed by atoms with Crippen LogP contribution in [0.5, 0.6) is 0 Å². The number of aryl methyl sites for hydroxylation is 1. The average molecular weight is 299 g/mol. The molecule has 0 aliphatic carbocycles. The first-order chi connectivity index (χ1) is 9.34. The average Bonchev–Trinajstić information content (AvgIpc) is 2.37. The molecule has 1 aromatic rings. The number of carbonyl (C=O) groups excluding carboxylic acids is 1. The van der Waals surface area contributed by atoms with Crippen LogP contribution in [-0.2, 0) is 14.8 Å². The van der Waals surface area contributed by atoms with Gasteiger partial charge in [-0.2, -0.15) is 4.31 Å². The molecule has 3 N–H and O–H groups in total. The number of likely N-dealkylation sites (N-methyl/N-ethyl adjacent to an activating group) is 1. The van der Waals surface area contributed by atoms with Crippen molar-refractivity contribution in [3.05, 3.63) is 23.8 Å². The summed E-state index contributed by atoms with van der Waals surface area (Å²) < 4.78 is 26.5. The van der Waals surface area contributed by atoms with Crippen molar-refractivity contribution in [1.29, 1.82) is 0 Å². The SMILES string of the molecule is CCCN(CC(=O)NC)S(=O)(=O)c1c(C)cccc1N. The predicted molar refractivity (Wildman–Crippen MR) is 78.7 cm³/mol. The second-order valence-corrected chi connectivity index (χ2v) is 6.38. The summed E-state index contributed by atoms with van der Waals surface area (Å²) in [5.41, 5.74) is 6.57. The lowest BCUT2D eigenvalue weighted by atomic mass is 10.2. The summed E-state index contributed by atoms with van der Waals surface area (Å²) in [6.45, 7) is 3.60. The van der Waals surface area contributed by atoms with Gasteiger partial charge in [-0.25, -0.2) is 8.42 Å². The van der Waals surface area contributed by atoms with Crippen LogP contribution in [0, 0.1) is 6.92 Å². The van der Waals surface area contributed by atoms with Crippen LogP contribution in [0.3, 0.4) is 0 Å². The Morgan fingerprint density at radius 2 is 2.05 bits per heavy atom. The van der Waals surface area contributed by atoms with Crippen LogP contribution in [0.25, 0.3) is 0 Å². The maximum Gasteiger partial charge on any atom is 0.245 e. The molecule has 0 fully saturated rings. The van der Waals surface area contributed by atoms with Crippen molar-refractivity contribution in [3.8, 4) is 0 Å². The van der Waals surface area contributed by atoms with E-state index in [-0.39, 0.29) is 29.6 Å². The van der Waals surface area contributed by atoms with Crippen LogP contribution < -0.4 is 11.1 Å². The van der Waals surface area contributed by atoms with Gasteiger partial charge in [-0.3, -0.25) is 4.79 Å². The summed E-state index contributed by atoms with van der Waals surface area (Å²) in [4.78, 5) is 11.6. The van der Waals surface area contributed by atoms with Gasteiger partial charge in [-0.1, -0.05) is 19.1 Å². The molecular weight excluding hydrogens is 278 g/mol. The Morgan fingerprint density at radius 3 is 2.55 bits per heavy atom. The summed E-state index contributed by atoms with van der Waals surface area (Å²) in [6.07, 6.45) is 0.613. The molecule has 20 heavy (non-hydrogen) atoms. The zero-order valence-corrected chi connectivity index (χ0v) is 12.8. The van der Waals surface area contributed by atoms with Crippen molar-refractivity contribution in [2.75, 3.05) is 25.9 Å². The fourth-order valence-corrected chi connectivity index (χ4v) is 3.74. The van der Waals surface area contributed by atoms with Crippen LogP contribution in [0.4, 0.5) is 5.69 Å². The van der Waals surface area contributed by atoms with E-state index in [1.165, 1.54) is 7.05 Å². The molecule has 0 saturated carbocycles. The smallest absolute Gasteiger partial charge is 0.245 e. The van der Waals surface area contributed by atoms with E-state index in [2.05, 4.69) is 5.32 Å². The minimum atomic E-state index is -3.78. The standard InChI is InChI=1S/C13H21N3O3S/c1-4-8-16(9-12(17)15-3)20(18,19)13-10(2)6-5-7-11(13)14/h5-7H,4,8-9,14H2,1-3H3,(H,15,17). The van der Waals surface area contributed by atoms with Gasteiger partial charge in [0.2, 0.25) is 15.9 Å². The Kier molecular flexibility index (Phi) is 5.52. The number of carbonyl (C=O) groups is 1. The van der Waals surface area contributed by atoms with E-state index in [1.807, 2.05) is 6.92 Å². The summed E-state index contributed by atoms with van der Waals surface area (Å²) in [7, 11) is -2.31. The molecule has 7 heteroatoms. The fourth-order valence-electron chi connectivity index (χ4n) is 1.93. The third kappa shape index (κ3) is 3.49. The lowest BCUT2D eigenvalue weighted by molar-refractivity contribution is -0.120. The molecule has 0 saturated heterocycles. The first-order valence-corrected chi connectivity index (χ1v) is 7.84. The van der Waals surface area contributed by atoms with Gasteiger partial charge in [-0.05, 0) is 25.0 Å². The highest BCUT2D eigenvalue weighted by Crippen LogP contribution is 2.25. The molecule has 0 spiro atoms. The van der Waals surface area contributed by atoms with Gasteiger partial charge in [0.25, 0.3) is 0 Å². The van der Waals surface area contributed by atoms with Gasteiger partial charge in [0, 0.05) is 13.6 Å². The Balaban J connectivity index is 3.26. The molecule has 0 aliphatic rings. The molecule has 0 atom stereocenters. The Hall–Kier alpha value is -1.60. The number of nitrogens with two attached hydrogens (primary N) is 1. The largest absolute Gasteiger partial charge is 0.398 e. The minimum absolute atomic E-state index is 0.0809. The number of nitrogens with zero attached hydrogens (tertiary/aromatic N) is 1. The van der Waals surface area contributed by atoms with E-state index in [4.69, 9.17) is 5.73 Å². The van der Waals surface area contributed by atoms with Gasteiger partial charge < -0.3 is 11.1 Å². The zero-order valence-electron chi connectivity index (χ0n) is 12.0. The molecule has 1 rings (SSSR count). The van der Waals surface area contributed by atoms with Crippen molar-refractivity contribution in [2.45, 2.75) is 25.2 Å². The number of rotatable bonds is 6. The summed E-state index contributed by atoms with van der Waals surface area (Å²) in [5.74, 6) is -0.353. The maximum atomic E-state index is 12.7. The molecule has 1 aromatic carbocycles. The van der Waals surface area contributed by atoms with Crippen molar-refractivity contribution < 1.29 is 13.2 Å². The molecule has 0 radical (unpaired) electrons. The molecule has 0 aliphatic heterocycles. The highest BCUT2D eigenvalue weighted by Gasteiger charge is 2.28. The Bertz CT molecular complexity index is 564. The van der Waals surface area contributed by atoms with Crippen molar-refractivity contribution in [1.82, 2.24) is 9.62 Å². The van der Waals surface area contributed by atoms with Crippen LogP contribution in [-0.4, -0.2) is 38.8 Å². The third-order valence-corrected chi connectivity index (χ3v) is 4.98. The molecule has 112 valence electrons. The second kappa shape index (κ2) is 6.71. The summed E-state index contributed by atoms with van der Waals surface area (Å²) in [5, 5.41) is 2.43. The van der Waals surface area contributed by atoms with Crippen LogP contribution >= 0.6 is 0 Å². The number of nitrogens with one attached hydrogen (secondary N) is 1. The first-order valence-electron chi connectivity index (χ1n) is 6.40. The zero-order chi connectivity index (χ0) is 15.3. The molecule has 6 nitrogen and oxygen atoms in total. The minimum Gasteiger partial charge on any atom is -0.398 e. The monoisotopic (exact) mass is 299 g/mol. The second-order valence-electron chi connectivity index (χ2n) is 4.51. The summed E-state index contributed by atoms with van der Waals surface area (Å²) >= 11 is 0. The van der Waals surface area contributed by atoms with E-state index >= 15 is 0 Å². The van der Waals surface area contributed by atoms with Gasteiger partial charge in [0.15, 0.2) is 0 Å². The maximum absolute atomic E-state index is 12.7. The van der Waals surface area contributed by atoms with Crippen LogP contribution in [0.2, 0.25) is 0 Å². The van der Waals surface area contributed by atoms with Crippen molar-refractivity contribution in [3.63, 3.8) is 0 Å². The molecule has 0 bridgehead atoms. The van der Waals surface area contributed by atoms with Gasteiger partial charge in [-0.15, -0.1) is 0 Å². The number of sulfonamides is 1. The first kappa shape index (κ1) is 16.5. The topological polar surface area (TPSA) is 92.5 Å². The van der Waals surface area contributed by atoms with Gasteiger partial charge >= 0.3 is 0 Å². The normalized spacial score (nSPS) is 11.6. The van der Waals surface area contributed by atoms with E-state index < -0.39 is 10.0 Å². The van der Waals surface area contributed by atoms with Crippen molar-refractivity contribution >= 4 is 21.6 Å². The molecule has 0 unspecified atom stereocenters. The molecular formula is C13H21N3O3S. The van der Waals surface area contributed by atoms with Gasteiger partial charge in [0.05, 0.1) is 12.2 Å². The van der Waals surface area contributed by atoms with Crippen LogP contribution in [0.15, 0.2) is 23.1 Å². The fraction of sp³-hybridized carbons (Fsp3) is 0.462. The highest BCUT2D eigenvalue weighted by molar-refractivity contribution is 7.89. The number of hydrogen-bond acceptors (Lipinski definition) is 4. The van der Waals surface area contributed by atoms with Gasteiger partial charge in [0.1, 0.15) is 4.90 Å². The molecule has 0 heterocycles. The van der Waals surface area contributed by atoms with E-state index in [0.717, 1.165) is 4.31 Å². The Labute approximate surface area is 120 Å². The highest BCUT2D eigenvalue weighted by atomic mass is 32.2. The quantitative estimate of drug-likeness (QED) is 0.757. The molecule has 1 amide bonds. The molecule has 0 aromatic heterocycles. The van der Waals surface area contributed by atoms with E-state index in [9.17, 15) is 13.2 Å². The number of amides is 1. The third-order valence-electron chi connectivity index (χ3n) is 2.91. The number of hydrogen-bond donors (Lipinski definition) is 2. The van der Waals surface area contributed by atoms with Crippen molar-refractivity contribution in [2.24, 2.45) is 0 Å². The number of benzene rings is 1. The number of nitrogen functional groups attached to an aromatic ring is 1. The predicted octanol–water partition coefficient (Wildman–Crippen LogP) is 0.724. The van der Waals surface area contributed by atoms with Crippen LogP contribution in [0.1, 0.15) is 18.9 Å². The lowest BCUT2D eigenvalue weighted by Crippen LogP contribution is -2.40. The number of anilines is 1.